The van der Waals surface area contributed by atoms with Crippen molar-refractivity contribution in [2.45, 2.75) is 27.7 Å². The molecule has 8 heteroatoms. The monoisotopic (exact) mass is 433 g/mol. The van der Waals surface area contributed by atoms with Crippen LogP contribution in [-0.2, 0) is 0 Å². The fourth-order valence-electron chi connectivity index (χ4n) is 3.11. The largest absolute Gasteiger partial charge is 0.495 e. The second-order valence-electron chi connectivity index (χ2n) is 8.73. The van der Waals surface area contributed by atoms with Gasteiger partial charge in [0.1, 0.15) is 11.3 Å². The molecule has 168 valence electrons. The Morgan fingerprint density at radius 3 is 2.66 bits per heavy atom. The van der Waals surface area contributed by atoms with Gasteiger partial charge in [-0.05, 0) is 36.1 Å². The van der Waals surface area contributed by atoms with Crippen LogP contribution in [0.4, 0.5) is 17.5 Å². The third kappa shape index (κ3) is 5.51. The van der Waals surface area contributed by atoms with Crippen molar-refractivity contribution in [2.24, 2.45) is 16.1 Å². The van der Waals surface area contributed by atoms with Crippen molar-refractivity contribution in [1.82, 2.24) is 15.0 Å². The van der Waals surface area contributed by atoms with E-state index in [0.29, 0.717) is 17.4 Å². The Bertz CT molecular complexity index is 1160. The molecule has 32 heavy (non-hydrogen) atoms. The number of ether oxygens (including phenoxy) is 1. The second kappa shape index (κ2) is 9.64. The molecule has 4 N–H and O–H groups in total. The number of aromatic nitrogens is 3. The van der Waals surface area contributed by atoms with Crippen LogP contribution in [0.15, 0.2) is 47.3 Å². The summed E-state index contributed by atoms with van der Waals surface area (Å²) in [7, 11) is 3.34. The quantitative estimate of drug-likeness (QED) is 0.466. The van der Waals surface area contributed by atoms with Crippen LogP contribution in [0.5, 0.6) is 5.75 Å². The summed E-state index contributed by atoms with van der Waals surface area (Å²) in [5.41, 5.74) is 10.1. The van der Waals surface area contributed by atoms with Crippen LogP contribution in [0.3, 0.4) is 0 Å². The number of rotatable bonds is 7. The van der Waals surface area contributed by atoms with E-state index < -0.39 is 0 Å². The minimum Gasteiger partial charge on any atom is -0.495 e. The van der Waals surface area contributed by atoms with Crippen molar-refractivity contribution < 1.29 is 4.74 Å². The van der Waals surface area contributed by atoms with Crippen LogP contribution in [0.1, 0.15) is 33.3 Å². The number of nitrogens with zero attached hydrogens (tertiary/aromatic N) is 4. The van der Waals surface area contributed by atoms with Gasteiger partial charge in [0.2, 0.25) is 5.95 Å². The number of allylic oxidation sites excluding steroid dienone is 2. The average Bonchev–Trinajstić information content (AvgIpc) is 2.75. The Kier molecular flexibility index (Phi) is 6.92. The first kappa shape index (κ1) is 23.0. The summed E-state index contributed by atoms with van der Waals surface area (Å²) in [4.78, 5) is 17.7. The molecule has 3 aromatic rings. The zero-order chi connectivity index (χ0) is 23.3. The van der Waals surface area contributed by atoms with E-state index in [0.717, 1.165) is 40.1 Å². The molecular formula is C24H31N7O. The fourth-order valence-corrected chi connectivity index (χ4v) is 3.11. The van der Waals surface area contributed by atoms with Gasteiger partial charge in [0.25, 0.3) is 0 Å². The van der Waals surface area contributed by atoms with Crippen LogP contribution in [-0.4, -0.2) is 41.9 Å². The Morgan fingerprint density at radius 2 is 2.00 bits per heavy atom. The first-order valence-corrected chi connectivity index (χ1v) is 10.4. The van der Waals surface area contributed by atoms with Gasteiger partial charge in [-0.25, -0.2) is 15.0 Å². The maximum absolute atomic E-state index is 6.03. The molecule has 2 heterocycles. The number of aliphatic imine (C=N–C) groups is 1. The number of methoxy groups -OCH3 is 1. The van der Waals surface area contributed by atoms with E-state index in [-0.39, 0.29) is 5.41 Å². The number of anilines is 3. The predicted molar refractivity (Wildman–Crippen MR) is 133 cm³/mol. The molecule has 0 atom stereocenters. The number of pyridine rings is 1. The number of benzene rings is 1. The highest BCUT2D eigenvalue weighted by Gasteiger charge is 2.14. The number of fused-ring (bicyclic) bond motifs is 1. The van der Waals surface area contributed by atoms with Gasteiger partial charge in [0.15, 0.2) is 5.82 Å². The molecule has 0 saturated heterocycles. The third-order valence-electron chi connectivity index (χ3n) is 4.73. The van der Waals surface area contributed by atoms with Crippen LogP contribution in [0, 0.1) is 5.41 Å². The van der Waals surface area contributed by atoms with Crippen LogP contribution in [0.2, 0.25) is 0 Å². The molecule has 0 aliphatic carbocycles. The van der Waals surface area contributed by atoms with Crippen molar-refractivity contribution >= 4 is 40.1 Å². The summed E-state index contributed by atoms with van der Waals surface area (Å²) in [6.07, 6.45) is 5.28. The topological polar surface area (TPSA) is 110 Å². The average molecular weight is 434 g/mol. The van der Waals surface area contributed by atoms with Gasteiger partial charge >= 0.3 is 0 Å². The molecule has 0 aliphatic heterocycles. The Labute approximate surface area is 189 Å². The van der Waals surface area contributed by atoms with Crippen LogP contribution >= 0.6 is 0 Å². The van der Waals surface area contributed by atoms with Gasteiger partial charge in [0.05, 0.1) is 12.8 Å². The molecule has 0 aliphatic rings. The highest BCUT2D eigenvalue weighted by Crippen LogP contribution is 2.31. The van der Waals surface area contributed by atoms with Crippen LogP contribution < -0.4 is 21.1 Å². The first-order valence-electron chi connectivity index (χ1n) is 10.4. The molecule has 0 unspecified atom stereocenters. The van der Waals surface area contributed by atoms with E-state index in [2.05, 4.69) is 46.4 Å². The molecule has 0 fully saturated rings. The third-order valence-corrected chi connectivity index (χ3v) is 4.73. The Morgan fingerprint density at radius 1 is 1.22 bits per heavy atom. The number of nitrogens with two attached hydrogens (primary N) is 1. The zero-order valence-corrected chi connectivity index (χ0v) is 19.5. The normalized spacial score (nSPS) is 12.7. The maximum atomic E-state index is 6.03. The molecule has 0 amide bonds. The SMILES string of the molecule is CN=CC(=C(C)N)c1ccc(Nc2ncc3ccnc(NCC(C)(C)C)c3n2)c(OC)c1. The Balaban J connectivity index is 1.94. The minimum atomic E-state index is 0.116. The smallest absolute Gasteiger partial charge is 0.227 e. The summed E-state index contributed by atoms with van der Waals surface area (Å²) >= 11 is 0. The van der Waals surface area contributed by atoms with Crippen molar-refractivity contribution in [3.63, 3.8) is 0 Å². The molecular weight excluding hydrogens is 402 g/mol. The van der Waals surface area contributed by atoms with E-state index in [1.807, 2.05) is 31.2 Å². The van der Waals surface area contributed by atoms with E-state index in [1.165, 1.54) is 0 Å². The van der Waals surface area contributed by atoms with Gasteiger partial charge in [-0.2, -0.15) is 0 Å². The molecule has 8 nitrogen and oxygen atoms in total. The van der Waals surface area contributed by atoms with E-state index in [9.17, 15) is 0 Å². The van der Waals surface area contributed by atoms with Crippen molar-refractivity contribution in [3.05, 3.63) is 47.9 Å². The van der Waals surface area contributed by atoms with Gasteiger partial charge in [-0.3, -0.25) is 4.99 Å². The lowest BCUT2D eigenvalue weighted by Gasteiger charge is -2.19. The second-order valence-corrected chi connectivity index (χ2v) is 8.73. The lowest BCUT2D eigenvalue weighted by molar-refractivity contribution is 0.416. The van der Waals surface area contributed by atoms with Gasteiger partial charge in [-0.15, -0.1) is 0 Å². The summed E-state index contributed by atoms with van der Waals surface area (Å²) < 4.78 is 5.60. The zero-order valence-electron chi connectivity index (χ0n) is 19.5. The standard InChI is InChI=1S/C24H31N7O/c1-15(25)18(13-26-5)16-7-8-19(20(11-16)32-6)30-23-28-12-17-9-10-27-22(21(17)31-23)29-14-24(2,3)4/h7-13H,14,25H2,1-6H3,(H,27,29)(H,28,30,31). The molecule has 0 spiro atoms. The van der Waals surface area contributed by atoms with Crippen molar-refractivity contribution in [1.29, 1.82) is 0 Å². The summed E-state index contributed by atoms with van der Waals surface area (Å²) in [6.45, 7) is 9.13. The maximum Gasteiger partial charge on any atom is 0.227 e. The van der Waals surface area contributed by atoms with Crippen LogP contribution in [0.25, 0.3) is 16.5 Å². The lowest BCUT2D eigenvalue weighted by atomic mass is 9.97. The molecule has 3 rings (SSSR count). The molecule has 0 saturated carbocycles. The highest BCUT2D eigenvalue weighted by atomic mass is 16.5. The van der Waals surface area contributed by atoms with Crippen molar-refractivity contribution in [2.75, 3.05) is 31.3 Å². The molecule has 0 radical (unpaired) electrons. The Hall–Kier alpha value is -3.68. The van der Waals surface area contributed by atoms with Gasteiger partial charge < -0.3 is 21.1 Å². The van der Waals surface area contributed by atoms with Crippen molar-refractivity contribution in [3.8, 4) is 5.75 Å². The summed E-state index contributed by atoms with van der Waals surface area (Å²) in [5, 5.41) is 7.57. The first-order chi connectivity index (χ1) is 15.2. The highest BCUT2D eigenvalue weighted by molar-refractivity contribution is 6.11. The number of hydrogen-bond donors (Lipinski definition) is 3. The predicted octanol–water partition coefficient (Wildman–Crippen LogP) is 4.63. The fraction of sp³-hybridized carbons (Fsp3) is 0.333. The van der Waals surface area contributed by atoms with E-state index >= 15 is 0 Å². The van der Waals surface area contributed by atoms with E-state index in [1.54, 1.807) is 32.8 Å². The lowest BCUT2D eigenvalue weighted by Crippen LogP contribution is -2.19. The summed E-state index contributed by atoms with van der Waals surface area (Å²) in [5.74, 6) is 1.83. The molecule has 1 aromatic carbocycles. The van der Waals surface area contributed by atoms with Gasteiger partial charge in [0, 0.05) is 48.9 Å². The summed E-state index contributed by atoms with van der Waals surface area (Å²) in [6, 6.07) is 7.68. The molecule has 2 aromatic heterocycles. The van der Waals surface area contributed by atoms with Gasteiger partial charge in [-0.1, -0.05) is 26.8 Å². The molecule has 0 bridgehead atoms. The van der Waals surface area contributed by atoms with E-state index in [4.69, 9.17) is 15.5 Å². The number of hydrogen-bond acceptors (Lipinski definition) is 8. The minimum absolute atomic E-state index is 0.116. The number of nitrogens with one attached hydrogen (secondary N) is 2.